The predicted molar refractivity (Wildman–Crippen MR) is 72.2 cm³/mol. The molecule has 0 saturated heterocycles. The molecule has 20 heavy (non-hydrogen) atoms. The van der Waals surface area contributed by atoms with Crippen molar-refractivity contribution in [3.8, 4) is 0 Å². The Morgan fingerprint density at radius 1 is 1.20 bits per heavy atom. The number of ether oxygens (including phenoxy) is 2. The van der Waals surface area contributed by atoms with E-state index in [9.17, 15) is 14.7 Å². The molecule has 0 spiro atoms. The lowest BCUT2D eigenvalue weighted by Gasteiger charge is -2.05. The van der Waals surface area contributed by atoms with E-state index >= 15 is 0 Å². The van der Waals surface area contributed by atoms with E-state index in [0.29, 0.717) is 5.69 Å². The molecular formula is C13H14N2O5. The van der Waals surface area contributed by atoms with E-state index < -0.39 is 23.4 Å². The zero-order valence-electron chi connectivity index (χ0n) is 11.0. The summed E-state index contributed by atoms with van der Waals surface area (Å²) in [5.74, 6) is -2.38. The van der Waals surface area contributed by atoms with Crippen molar-refractivity contribution >= 4 is 23.3 Å². The first-order valence-electron chi connectivity index (χ1n) is 5.54. The summed E-state index contributed by atoms with van der Waals surface area (Å²) in [6, 6.07) is 8.75. The molecule has 0 atom stereocenters. The largest absolute Gasteiger partial charge is 0.505 e. The smallest absolute Gasteiger partial charge is 0.362 e. The SMILES string of the molecule is COC(=O)/C=C(O)/C(=N\Nc1ccccc1)C(=O)OC. The summed E-state index contributed by atoms with van der Waals surface area (Å²) in [7, 11) is 2.27. The molecule has 0 saturated carbocycles. The average Bonchev–Trinajstić information content (AvgIpc) is 2.47. The first kappa shape index (κ1) is 15.2. The van der Waals surface area contributed by atoms with Gasteiger partial charge in [-0.25, -0.2) is 9.59 Å². The van der Waals surface area contributed by atoms with Gasteiger partial charge in [-0.15, -0.1) is 0 Å². The molecule has 0 unspecified atom stereocenters. The molecule has 0 aliphatic heterocycles. The molecule has 0 heterocycles. The number of hydrogen-bond acceptors (Lipinski definition) is 7. The fourth-order valence-electron chi connectivity index (χ4n) is 1.18. The quantitative estimate of drug-likeness (QED) is 0.276. The third kappa shape index (κ3) is 4.45. The van der Waals surface area contributed by atoms with Crippen LogP contribution >= 0.6 is 0 Å². The maximum absolute atomic E-state index is 11.5. The number of aliphatic hydroxyl groups is 1. The highest BCUT2D eigenvalue weighted by molar-refractivity contribution is 6.43. The zero-order valence-corrected chi connectivity index (χ0v) is 11.0. The normalized spacial score (nSPS) is 11.7. The number of methoxy groups -OCH3 is 2. The highest BCUT2D eigenvalue weighted by Crippen LogP contribution is 2.06. The zero-order chi connectivity index (χ0) is 15.0. The minimum absolute atomic E-state index is 0.443. The first-order valence-corrected chi connectivity index (χ1v) is 5.54. The van der Waals surface area contributed by atoms with Crippen LogP contribution in [0.2, 0.25) is 0 Å². The lowest BCUT2D eigenvalue weighted by Crippen LogP contribution is -2.20. The molecule has 7 nitrogen and oxygen atoms in total. The van der Waals surface area contributed by atoms with Gasteiger partial charge in [0.05, 0.1) is 26.0 Å². The number of rotatable bonds is 5. The maximum Gasteiger partial charge on any atom is 0.362 e. The summed E-state index contributed by atoms with van der Waals surface area (Å²) in [6.07, 6.45) is 0.725. The summed E-state index contributed by atoms with van der Waals surface area (Å²) < 4.78 is 8.82. The lowest BCUT2D eigenvalue weighted by molar-refractivity contribution is -0.135. The molecule has 0 aliphatic rings. The molecule has 106 valence electrons. The molecular weight excluding hydrogens is 264 g/mol. The van der Waals surface area contributed by atoms with Crippen molar-refractivity contribution < 1.29 is 24.2 Å². The second kappa shape index (κ2) is 7.57. The summed E-state index contributed by atoms with van der Waals surface area (Å²) >= 11 is 0. The Morgan fingerprint density at radius 2 is 1.85 bits per heavy atom. The number of aliphatic hydroxyl groups excluding tert-OH is 1. The Bertz CT molecular complexity index is 537. The Balaban J connectivity index is 2.98. The van der Waals surface area contributed by atoms with Gasteiger partial charge in [0.1, 0.15) is 0 Å². The molecule has 1 aromatic carbocycles. The van der Waals surface area contributed by atoms with Crippen LogP contribution < -0.4 is 5.43 Å². The van der Waals surface area contributed by atoms with Crippen LogP contribution in [0.1, 0.15) is 0 Å². The Kier molecular flexibility index (Phi) is 5.76. The van der Waals surface area contributed by atoms with Gasteiger partial charge < -0.3 is 14.6 Å². The van der Waals surface area contributed by atoms with Gasteiger partial charge in [0.25, 0.3) is 0 Å². The monoisotopic (exact) mass is 278 g/mol. The van der Waals surface area contributed by atoms with Gasteiger partial charge in [-0.05, 0) is 12.1 Å². The van der Waals surface area contributed by atoms with E-state index in [4.69, 9.17) is 0 Å². The standard InChI is InChI=1S/C13H14N2O5/c1-19-11(17)8-10(16)12(13(18)20-2)15-14-9-6-4-3-5-7-9/h3-8,14,16H,1-2H3/b10-8-,15-12+. The molecule has 0 aliphatic carbocycles. The summed E-state index contributed by atoms with van der Waals surface area (Å²) in [4.78, 5) is 22.5. The Morgan fingerprint density at radius 3 is 2.40 bits per heavy atom. The van der Waals surface area contributed by atoms with Crippen molar-refractivity contribution in [2.75, 3.05) is 19.6 Å². The van der Waals surface area contributed by atoms with Crippen molar-refractivity contribution in [2.45, 2.75) is 0 Å². The van der Waals surface area contributed by atoms with E-state index in [1.165, 1.54) is 0 Å². The Labute approximate surface area is 115 Å². The van der Waals surface area contributed by atoms with Crippen LogP contribution in [0.4, 0.5) is 5.69 Å². The van der Waals surface area contributed by atoms with Crippen LogP contribution in [-0.4, -0.2) is 37.0 Å². The number of para-hydroxylation sites is 1. The number of benzene rings is 1. The van der Waals surface area contributed by atoms with Gasteiger partial charge in [-0.1, -0.05) is 18.2 Å². The van der Waals surface area contributed by atoms with Gasteiger partial charge in [-0.3, -0.25) is 5.43 Å². The van der Waals surface area contributed by atoms with Crippen LogP contribution in [0, 0.1) is 0 Å². The average molecular weight is 278 g/mol. The molecule has 0 radical (unpaired) electrons. The van der Waals surface area contributed by atoms with Gasteiger partial charge >= 0.3 is 11.9 Å². The topological polar surface area (TPSA) is 97.2 Å². The van der Waals surface area contributed by atoms with Crippen LogP contribution in [0.3, 0.4) is 0 Å². The molecule has 0 amide bonds. The number of esters is 2. The number of anilines is 1. The molecule has 0 bridgehead atoms. The third-order valence-electron chi connectivity index (χ3n) is 2.15. The van der Waals surface area contributed by atoms with Crippen LogP contribution in [0.5, 0.6) is 0 Å². The van der Waals surface area contributed by atoms with Gasteiger partial charge in [-0.2, -0.15) is 5.10 Å². The number of nitrogens with zero attached hydrogens (tertiary/aromatic N) is 1. The minimum atomic E-state index is -0.897. The van der Waals surface area contributed by atoms with E-state index in [1.807, 2.05) is 6.07 Å². The van der Waals surface area contributed by atoms with Crippen LogP contribution in [0.25, 0.3) is 0 Å². The summed E-state index contributed by atoms with van der Waals surface area (Å²) in [5, 5.41) is 13.4. The van der Waals surface area contributed by atoms with Gasteiger partial charge in [0.2, 0.25) is 5.71 Å². The molecule has 0 aromatic heterocycles. The third-order valence-corrected chi connectivity index (χ3v) is 2.15. The second-order valence-electron chi connectivity index (χ2n) is 3.48. The van der Waals surface area contributed by atoms with Crippen molar-refractivity contribution in [1.82, 2.24) is 0 Å². The summed E-state index contributed by atoms with van der Waals surface area (Å²) in [6.45, 7) is 0. The van der Waals surface area contributed by atoms with E-state index in [-0.39, 0.29) is 0 Å². The first-order chi connectivity index (χ1) is 9.58. The number of nitrogens with one attached hydrogen (secondary N) is 1. The van der Waals surface area contributed by atoms with E-state index in [2.05, 4.69) is 20.0 Å². The summed E-state index contributed by atoms with van der Waals surface area (Å²) in [5.41, 5.74) is 2.72. The maximum atomic E-state index is 11.5. The lowest BCUT2D eigenvalue weighted by atomic mass is 10.3. The second-order valence-corrected chi connectivity index (χ2v) is 3.48. The fourth-order valence-corrected chi connectivity index (χ4v) is 1.18. The van der Waals surface area contributed by atoms with E-state index in [0.717, 1.165) is 20.3 Å². The number of hydrogen-bond donors (Lipinski definition) is 2. The van der Waals surface area contributed by atoms with E-state index in [1.54, 1.807) is 24.3 Å². The Hall–Kier alpha value is -2.83. The number of carbonyl (C=O) groups excluding carboxylic acids is 2. The number of carbonyl (C=O) groups is 2. The molecule has 7 heteroatoms. The van der Waals surface area contributed by atoms with Crippen molar-refractivity contribution in [3.05, 3.63) is 42.2 Å². The van der Waals surface area contributed by atoms with Crippen molar-refractivity contribution in [2.24, 2.45) is 5.10 Å². The molecule has 1 rings (SSSR count). The van der Waals surface area contributed by atoms with Gasteiger partial charge in [0, 0.05) is 0 Å². The van der Waals surface area contributed by atoms with Crippen molar-refractivity contribution in [3.63, 3.8) is 0 Å². The number of hydrazone groups is 1. The molecule has 1 aromatic rings. The van der Waals surface area contributed by atoms with Crippen LogP contribution in [-0.2, 0) is 19.1 Å². The minimum Gasteiger partial charge on any atom is -0.505 e. The fraction of sp³-hybridized carbons (Fsp3) is 0.154. The highest BCUT2D eigenvalue weighted by atomic mass is 16.5. The van der Waals surface area contributed by atoms with Crippen LogP contribution in [0.15, 0.2) is 47.3 Å². The highest BCUT2D eigenvalue weighted by Gasteiger charge is 2.18. The van der Waals surface area contributed by atoms with Gasteiger partial charge in [0.15, 0.2) is 5.76 Å². The van der Waals surface area contributed by atoms with Crippen molar-refractivity contribution in [1.29, 1.82) is 0 Å². The molecule has 0 fully saturated rings. The molecule has 2 N–H and O–H groups in total. The predicted octanol–water partition coefficient (Wildman–Crippen LogP) is 1.24.